The smallest absolute Gasteiger partial charge is 0.230 e. The van der Waals surface area contributed by atoms with Crippen LogP contribution in [-0.4, -0.2) is 25.5 Å². The topological polar surface area (TPSA) is 33.5 Å². The molecule has 1 aliphatic rings. The molecule has 5 heteroatoms. The van der Waals surface area contributed by atoms with Crippen molar-refractivity contribution in [3.05, 3.63) is 29.8 Å². The summed E-state index contributed by atoms with van der Waals surface area (Å²) in [6, 6.07) is 3.39. The van der Waals surface area contributed by atoms with Gasteiger partial charge < -0.3 is 10.2 Å². The van der Waals surface area contributed by atoms with Gasteiger partial charge in [-0.15, -0.1) is 0 Å². The minimum atomic E-state index is -0.946. The monoisotopic (exact) mass is 283 g/mol. The number of amides is 1. The van der Waals surface area contributed by atoms with Crippen LogP contribution in [0.25, 0.3) is 0 Å². The predicted octanol–water partition coefficient (Wildman–Crippen LogP) is 1.61. The van der Waals surface area contributed by atoms with E-state index < -0.39 is 11.6 Å². The van der Waals surface area contributed by atoms with E-state index in [2.05, 4.69) is 12.2 Å². The summed E-state index contributed by atoms with van der Waals surface area (Å²) < 4.78 is 25.8. The molecule has 1 fully saturated rings. The van der Waals surface area contributed by atoms with Crippen molar-refractivity contribution >= 4 is 11.6 Å². The Kier molecular flexibility index (Phi) is 5.06. The maximum Gasteiger partial charge on any atom is 0.230 e. The highest BCUT2D eigenvalue weighted by Gasteiger charge is 2.19. The number of rotatable bonds is 4. The number of carbonyl (C=O) groups is 1. The average Bonchev–Trinajstić information content (AvgIpc) is 2.42. The van der Waals surface area contributed by atoms with Gasteiger partial charge in [0.15, 0.2) is 11.6 Å². The van der Waals surface area contributed by atoms with Crippen LogP contribution < -0.4 is 10.2 Å². The number of nitrogens with one attached hydrogen (secondary N) is 2. The van der Waals surface area contributed by atoms with Crippen LogP contribution in [0.2, 0.25) is 0 Å². The highest BCUT2D eigenvalue weighted by molar-refractivity contribution is 5.90. The molecule has 3 nitrogen and oxygen atoms in total. The summed E-state index contributed by atoms with van der Waals surface area (Å²) in [5, 5.41) is 2.60. The number of halogens is 2. The Morgan fingerprint density at radius 3 is 2.65 bits per heavy atom. The van der Waals surface area contributed by atoms with Crippen molar-refractivity contribution in [2.45, 2.75) is 26.2 Å². The van der Waals surface area contributed by atoms with Crippen molar-refractivity contribution in [1.29, 1.82) is 0 Å². The van der Waals surface area contributed by atoms with Crippen molar-refractivity contribution < 1.29 is 18.5 Å². The fourth-order valence-corrected chi connectivity index (χ4v) is 2.51. The molecule has 1 amide bonds. The van der Waals surface area contributed by atoms with Crippen molar-refractivity contribution in [3.8, 4) is 0 Å². The molecule has 110 valence electrons. The molecule has 0 atom stereocenters. The van der Waals surface area contributed by atoms with Gasteiger partial charge >= 0.3 is 0 Å². The van der Waals surface area contributed by atoms with Crippen LogP contribution in [0, 0.1) is 17.6 Å². The van der Waals surface area contributed by atoms with Crippen LogP contribution in [-0.2, 0) is 4.79 Å². The summed E-state index contributed by atoms with van der Waals surface area (Å²) in [5.41, 5.74) is 0.302. The summed E-state index contributed by atoms with van der Waals surface area (Å²) >= 11 is 0. The maximum atomic E-state index is 13.0. The van der Waals surface area contributed by atoms with Gasteiger partial charge in [-0.05, 0) is 30.9 Å². The van der Waals surface area contributed by atoms with E-state index in [9.17, 15) is 13.6 Å². The highest BCUT2D eigenvalue weighted by Crippen LogP contribution is 2.13. The van der Waals surface area contributed by atoms with Gasteiger partial charge in [0.2, 0.25) is 5.91 Å². The Morgan fingerprint density at radius 1 is 1.30 bits per heavy atom. The molecule has 1 aromatic carbocycles. The number of hydrogen-bond acceptors (Lipinski definition) is 1. The van der Waals surface area contributed by atoms with Gasteiger partial charge in [0.05, 0.1) is 26.1 Å². The van der Waals surface area contributed by atoms with Gasteiger partial charge in [-0.2, -0.15) is 0 Å². The molecule has 2 N–H and O–H groups in total. The second-order valence-corrected chi connectivity index (χ2v) is 5.61. The summed E-state index contributed by atoms with van der Waals surface area (Å²) in [7, 11) is 0. The number of anilines is 1. The molecule has 1 saturated heterocycles. The predicted molar refractivity (Wildman–Crippen MR) is 73.6 cm³/mol. The van der Waals surface area contributed by atoms with Gasteiger partial charge in [-0.1, -0.05) is 6.92 Å². The fourth-order valence-electron chi connectivity index (χ4n) is 2.51. The Morgan fingerprint density at radius 2 is 2.00 bits per heavy atom. The lowest BCUT2D eigenvalue weighted by Gasteiger charge is -2.27. The third-order valence-electron chi connectivity index (χ3n) is 3.89. The van der Waals surface area contributed by atoms with E-state index in [1.165, 1.54) is 23.8 Å². The minimum Gasteiger partial charge on any atom is -0.334 e. The van der Waals surface area contributed by atoms with Gasteiger partial charge in [0, 0.05) is 11.8 Å². The zero-order valence-electron chi connectivity index (χ0n) is 11.7. The Hall–Kier alpha value is -1.49. The largest absolute Gasteiger partial charge is 0.334 e. The summed E-state index contributed by atoms with van der Waals surface area (Å²) in [6.07, 6.45) is 2.82. The maximum absolute atomic E-state index is 13.0. The lowest BCUT2D eigenvalue weighted by atomic mass is 9.99. The summed E-state index contributed by atoms with van der Waals surface area (Å²) in [5.74, 6) is -1.22. The minimum absolute atomic E-state index is 0.151. The van der Waals surface area contributed by atoms with E-state index in [4.69, 9.17) is 0 Å². The van der Waals surface area contributed by atoms with Crippen molar-refractivity contribution in [1.82, 2.24) is 0 Å². The Labute approximate surface area is 118 Å². The molecule has 0 aromatic heterocycles. The quantitative estimate of drug-likeness (QED) is 0.865. The molecule has 0 bridgehead atoms. The van der Waals surface area contributed by atoms with Crippen molar-refractivity contribution in [2.75, 3.05) is 25.0 Å². The fraction of sp³-hybridized carbons (Fsp3) is 0.533. The number of hydrogen-bond donors (Lipinski definition) is 2. The van der Waals surface area contributed by atoms with Gasteiger partial charge in [-0.25, -0.2) is 8.78 Å². The molecular formula is C15H21F2N2O+. The first-order valence-electron chi connectivity index (χ1n) is 7.13. The molecule has 1 aromatic rings. The number of carbonyl (C=O) groups excluding carboxylic acids is 1. The third-order valence-corrected chi connectivity index (χ3v) is 3.89. The number of benzene rings is 1. The van der Waals surface area contributed by atoms with Crippen molar-refractivity contribution in [3.63, 3.8) is 0 Å². The summed E-state index contributed by atoms with van der Waals surface area (Å²) in [4.78, 5) is 13.2. The average molecular weight is 283 g/mol. The van der Waals surface area contributed by atoms with Gasteiger partial charge in [0.25, 0.3) is 0 Å². The molecule has 1 heterocycles. The lowest BCUT2D eigenvalue weighted by Crippen LogP contribution is -3.13. The molecule has 0 saturated carbocycles. The van der Waals surface area contributed by atoms with Crippen LogP contribution >= 0.6 is 0 Å². The van der Waals surface area contributed by atoms with E-state index in [-0.39, 0.29) is 5.91 Å². The normalized spacial score (nSPS) is 22.6. The SMILES string of the molecule is CC1CC[NH+](CCC(=O)Nc2ccc(F)c(F)c2)CC1. The van der Waals surface area contributed by atoms with E-state index in [1.54, 1.807) is 0 Å². The zero-order valence-corrected chi connectivity index (χ0v) is 11.7. The van der Waals surface area contributed by atoms with Crippen LogP contribution in [0.1, 0.15) is 26.2 Å². The van der Waals surface area contributed by atoms with E-state index in [1.807, 2.05) is 0 Å². The second-order valence-electron chi connectivity index (χ2n) is 5.61. The Balaban J connectivity index is 1.76. The first-order valence-corrected chi connectivity index (χ1v) is 7.13. The van der Waals surface area contributed by atoms with Crippen LogP contribution in [0.5, 0.6) is 0 Å². The molecule has 0 spiro atoms. The zero-order chi connectivity index (χ0) is 14.5. The van der Waals surface area contributed by atoms with E-state index in [0.717, 1.165) is 37.7 Å². The molecule has 20 heavy (non-hydrogen) atoms. The van der Waals surface area contributed by atoms with Crippen molar-refractivity contribution in [2.24, 2.45) is 5.92 Å². The van der Waals surface area contributed by atoms with Gasteiger partial charge in [-0.3, -0.25) is 4.79 Å². The molecule has 2 rings (SSSR count). The lowest BCUT2D eigenvalue weighted by molar-refractivity contribution is -0.905. The molecular weight excluding hydrogens is 262 g/mol. The molecule has 0 unspecified atom stereocenters. The first-order chi connectivity index (χ1) is 9.54. The third kappa shape index (κ3) is 4.27. The molecule has 0 radical (unpaired) electrons. The number of quaternary nitrogens is 1. The highest BCUT2D eigenvalue weighted by atomic mass is 19.2. The van der Waals surface area contributed by atoms with Crippen LogP contribution in [0.15, 0.2) is 18.2 Å². The second kappa shape index (κ2) is 6.79. The molecule has 1 aliphatic heterocycles. The first kappa shape index (κ1) is 14.9. The van der Waals surface area contributed by atoms with Crippen LogP contribution in [0.3, 0.4) is 0 Å². The number of piperidine rings is 1. The van der Waals surface area contributed by atoms with E-state index >= 15 is 0 Å². The molecule has 0 aliphatic carbocycles. The van der Waals surface area contributed by atoms with Crippen LogP contribution in [0.4, 0.5) is 14.5 Å². The standard InChI is InChI=1S/C15H20F2N2O/c1-11-4-7-19(8-5-11)9-6-15(20)18-12-2-3-13(16)14(17)10-12/h2-3,10-11H,4-9H2,1H3,(H,18,20)/p+1. The van der Waals surface area contributed by atoms with E-state index in [0.29, 0.717) is 12.1 Å². The summed E-state index contributed by atoms with van der Waals surface area (Å²) in [6.45, 7) is 5.27. The number of likely N-dealkylation sites (tertiary alicyclic amines) is 1. The van der Waals surface area contributed by atoms with Gasteiger partial charge in [0.1, 0.15) is 0 Å². The Bertz CT molecular complexity index is 471.